The van der Waals surface area contributed by atoms with Gasteiger partial charge < -0.3 is 19.5 Å². The summed E-state index contributed by atoms with van der Waals surface area (Å²) in [7, 11) is 0. The van der Waals surface area contributed by atoms with Crippen LogP contribution < -0.4 is 10.2 Å². The molecule has 0 spiro atoms. The van der Waals surface area contributed by atoms with Crippen molar-refractivity contribution in [1.29, 1.82) is 0 Å². The zero-order valence-electron chi connectivity index (χ0n) is 17.4. The molecule has 1 N–H and O–H groups in total. The van der Waals surface area contributed by atoms with E-state index in [2.05, 4.69) is 41.1 Å². The lowest BCUT2D eigenvalue weighted by atomic mass is 9.98. The molecule has 1 atom stereocenters. The van der Waals surface area contributed by atoms with Gasteiger partial charge in [0.2, 0.25) is 5.91 Å². The summed E-state index contributed by atoms with van der Waals surface area (Å²) in [6, 6.07) is 12.4. The topological polar surface area (TPSA) is 61.1 Å². The Morgan fingerprint density at radius 3 is 2.97 bits per heavy atom. The lowest BCUT2D eigenvalue weighted by Crippen LogP contribution is -2.41. The molecule has 6 nitrogen and oxygen atoms in total. The number of amides is 1. The molecule has 2 aromatic rings. The first-order chi connectivity index (χ1) is 14.8. The van der Waals surface area contributed by atoms with Crippen molar-refractivity contribution >= 4 is 17.6 Å². The number of carbonyl (C=O) groups excluding carboxylic acids is 1. The van der Waals surface area contributed by atoms with Crippen molar-refractivity contribution in [2.45, 2.75) is 31.6 Å². The van der Waals surface area contributed by atoms with Gasteiger partial charge >= 0.3 is 0 Å². The van der Waals surface area contributed by atoms with E-state index < -0.39 is 0 Å². The quantitative estimate of drug-likeness (QED) is 0.414. The van der Waals surface area contributed by atoms with E-state index in [1.54, 1.807) is 6.26 Å². The van der Waals surface area contributed by atoms with Crippen molar-refractivity contribution in [2.75, 3.05) is 37.6 Å². The number of para-hydroxylation sites is 1. The summed E-state index contributed by atoms with van der Waals surface area (Å²) in [4.78, 5) is 21.1. The van der Waals surface area contributed by atoms with Gasteiger partial charge in [-0.15, -0.1) is 6.58 Å². The third kappa shape index (κ3) is 4.58. The van der Waals surface area contributed by atoms with Crippen molar-refractivity contribution < 1.29 is 9.21 Å². The SMILES string of the molecule is C=CCNC(=NCCc1ccco1)N1CC(CCN2CCCC2=O)c2ccccc21. The molecule has 0 radical (unpaired) electrons. The number of benzene rings is 1. The molecule has 1 saturated heterocycles. The van der Waals surface area contributed by atoms with Crippen LogP contribution in [0.25, 0.3) is 0 Å². The average Bonchev–Trinajstić information content (AvgIpc) is 3.50. The fraction of sp³-hybridized carbons (Fsp3) is 0.417. The van der Waals surface area contributed by atoms with Crippen LogP contribution in [-0.4, -0.2) is 49.5 Å². The zero-order valence-corrected chi connectivity index (χ0v) is 17.4. The molecular weight excluding hydrogens is 376 g/mol. The van der Waals surface area contributed by atoms with E-state index >= 15 is 0 Å². The molecule has 0 saturated carbocycles. The molecule has 0 aliphatic carbocycles. The summed E-state index contributed by atoms with van der Waals surface area (Å²) >= 11 is 0. The Balaban J connectivity index is 1.48. The standard InChI is InChI=1S/C24H30N4O2/c1-2-13-25-24(26-14-11-20-7-6-17-30-20)28-18-19(21-8-3-4-9-22(21)28)12-16-27-15-5-10-23(27)29/h2-4,6-9,17,19H,1,5,10-16,18H2,(H,25,26). The van der Waals surface area contributed by atoms with Crippen molar-refractivity contribution in [3.8, 4) is 0 Å². The van der Waals surface area contributed by atoms with Crippen LogP contribution in [0.2, 0.25) is 0 Å². The molecule has 6 heteroatoms. The first-order valence-corrected chi connectivity index (χ1v) is 10.8. The number of aliphatic imine (C=N–C) groups is 1. The number of rotatable bonds is 8. The minimum Gasteiger partial charge on any atom is -0.469 e. The molecule has 158 valence electrons. The van der Waals surface area contributed by atoms with Gasteiger partial charge in [0.1, 0.15) is 5.76 Å². The Labute approximate surface area is 178 Å². The first kappa shape index (κ1) is 20.3. The fourth-order valence-electron chi connectivity index (χ4n) is 4.32. The van der Waals surface area contributed by atoms with Gasteiger partial charge in [0.05, 0.1) is 6.26 Å². The van der Waals surface area contributed by atoms with E-state index in [4.69, 9.17) is 9.41 Å². The highest BCUT2D eigenvalue weighted by Gasteiger charge is 2.32. The number of carbonyl (C=O) groups is 1. The molecule has 1 amide bonds. The van der Waals surface area contributed by atoms with Gasteiger partial charge in [-0.2, -0.15) is 0 Å². The Morgan fingerprint density at radius 2 is 2.20 bits per heavy atom. The molecule has 2 aliphatic rings. The van der Waals surface area contributed by atoms with Crippen LogP contribution in [0.1, 0.15) is 36.5 Å². The van der Waals surface area contributed by atoms with Crippen molar-refractivity contribution in [1.82, 2.24) is 10.2 Å². The van der Waals surface area contributed by atoms with E-state index in [-0.39, 0.29) is 0 Å². The summed E-state index contributed by atoms with van der Waals surface area (Å²) in [6.45, 7) is 7.74. The predicted octanol–water partition coefficient (Wildman–Crippen LogP) is 3.57. The summed E-state index contributed by atoms with van der Waals surface area (Å²) < 4.78 is 5.43. The zero-order chi connectivity index (χ0) is 20.8. The van der Waals surface area contributed by atoms with E-state index in [9.17, 15) is 4.79 Å². The highest BCUT2D eigenvalue weighted by atomic mass is 16.3. The van der Waals surface area contributed by atoms with Gasteiger partial charge in [-0.25, -0.2) is 0 Å². The summed E-state index contributed by atoms with van der Waals surface area (Å²) in [5.74, 6) is 2.49. The number of nitrogens with one attached hydrogen (secondary N) is 1. The van der Waals surface area contributed by atoms with E-state index in [1.165, 1.54) is 11.3 Å². The Bertz CT molecular complexity index is 890. The van der Waals surface area contributed by atoms with E-state index in [0.29, 0.717) is 31.3 Å². The highest BCUT2D eigenvalue weighted by molar-refractivity contribution is 5.98. The minimum atomic E-state index is 0.297. The lowest BCUT2D eigenvalue weighted by Gasteiger charge is -2.23. The largest absolute Gasteiger partial charge is 0.469 e. The van der Waals surface area contributed by atoms with Gasteiger partial charge in [0, 0.05) is 57.2 Å². The normalized spacial score (nSPS) is 18.7. The number of nitrogens with zero attached hydrogens (tertiary/aromatic N) is 3. The van der Waals surface area contributed by atoms with Crippen LogP contribution in [0.5, 0.6) is 0 Å². The van der Waals surface area contributed by atoms with Gasteiger partial charge in [-0.1, -0.05) is 24.3 Å². The molecule has 1 fully saturated rings. The molecule has 2 aliphatic heterocycles. The average molecular weight is 407 g/mol. The van der Waals surface area contributed by atoms with Crippen LogP contribution >= 0.6 is 0 Å². The van der Waals surface area contributed by atoms with Crippen LogP contribution in [0.3, 0.4) is 0 Å². The Morgan fingerprint density at radius 1 is 1.30 bits per heavy atom. The van der Waals surface area contributed by atoms with Crippen LogP contribution in [-0.2, 0) is 11.2 Å². The molecule has 0 bridgehead atoms. The van der Waals surface area contributed by atoms with Gasteiger partial charge in [0.15, 0.2) is 5.96 Å². The summed E-state index contributed by atoms with van der Waals surface area (Å²) in [6.07, 6.45) is 6.97. The minimum absolute atomic E-state index is 0.297. The maximum atomic E-state index is 12.0. The second kappa shape index (κ2) is 9.65. The monoisotopic (exact) mass is 406 g/mol. The van der Waals surface area contributed by atoms with Crippen molar-refractivity contribution in [3.05, 3.63) is 66.6 Å². The summed E-state index contributed by atoms with van der Waals surface area (Å²) in [5.41, 5.74) is 2.53. The van der Waals surface area contributed by atoms with Crippen LogP contribution in [0, 0.1) is 0 Å². The number of hydrogen-bond donors (Lipinski definition) is 1. The molecule has 4 rings (SSSR count). The highest BCUT2D eigenvalue weighted by Crippen LogP contribution is 2.38. The Kier molecular flexibility index (Phi) is 6.52. The van der Waals surface area contributed by atoms with Crippen LogP contribution in [0.15, 0.2) is 64.7 Å². The van der Waals surface area contributed by atoms with Gasteiger partial charge in [0.25, 0.3) is 0 Å². The number of likely N-dealkylation sites (tertiary alicyclic amines) is 1. The summed E-state index contributed by atoms with van der Waals surface area (Å²) in [5, 5.41) is 3.42. The first-order valence-electron chi connectivity index (χ1n) is 10.8. The van der Waals surface area contributed by atoms with Crippen LogP contribution in [0.4, 0.5) is 5.69 Å². The number of anilines is 1. The smallest absolute Gasteiger partial charge is 0.222 e. The molecule has 3 heterocycles. The number of furan rings is 1. The van der Waals surface area contributed by atoms with E-state index in [0.717, 1.165) is 50.6 Å². The number of guanidine groups is 1. The van der Waals surface area contributed by atoms with Gasteiger partial charge in [-0.3, -0.25) is 9.79 Å². The van der Waals surface area contributed by atoms with E-state index in [1.807, 2.05) is 23.1 Å². The molecule has 1 aromatic heterocycles. The number of hydrogen-bond acceptors (Lipinski definition) is 3. The second-order valence-electron chi connectivity index (χ2n) is 7.84. The second-order valence-corrected chi connectivity index (χ2v) is 7.84. The molecule has 1 aromatic carbocycles. The van der Waals surface area contributed by atoms with Crippen molar-refractivity contribution in [3.63, 3.8) is 0 Å². The third-order valence-corrected chi connectivity index (χ3v) is 5.85. The third-order valence-electron chi connectivity index (χ3n) is 5.85. The Hall–Kier alpha value is -3.02. The van der Waals surface area contributed by atoms with Gasteiger partial charge in [-0.05, 0) is 36.6 Å². The lowest BCUT2D eigenvalue weighted by molar-refractivity contribution is -0.127. The predicted molar refractivity (Wildman–Crippen MR) is 120 cm³/mol. The van der Waals surface area contributed by atoms with Crippen molar-refractivity contribution in [2.24, 2.45) is 4.99 Å². The maximum absolute atomic E-state index is 12.0. The molecular formula is C24H30N4O2. The fourth-order valence-corrected chi connectivity index (χ4v) is 4.32. The molecule has 30 heavy (non-hydrogen) atoms. The maximum Gasteiger partial charge on any atom is 0.222 e. The molecule has 1 unspecified atom stereocenters. The number of fused-ring (bicyclic) bond motifs is 1.